The molecule has 0 spiro atoms. The largest absolute Gasteiger partial charge is 0.347 e. The van der Waals surface area contributed by atoms with E-state index in [-0.39, 0.29) is 11.0 Å². The lowest BCUT2D eigenvalue weighted by Crippen LogP contribution is -2.36. The highest BCUT2D eigenvalue weighted by molar-refractivity contribution is 5.18. The molecule has 1 heterocycles. The Kier molecular flexibility index (Phi) is 2.81. The van der Waals surface area contributed by atoms with Crippen molar-refractivity contribution in [3.05, 3.63) is 33.7 Å². The molecule has 0 aromatic carbocycles. The van der Waals surface area contributed by atoms with Crippen LogP contribution >= 0.6 is 0 Å². The first-order valence-electron chi connectivity index (χ1n) is 4.78. The van der Waals surface area contributed by atoms with Gasteiger partial charge in [-0.2, -0.15) is 0 Å². The van der Waals surface area contributed by atoms with Crippen molar-refractivity contribution in [1.29, 1.82) is 0 Å². The minimum atomic E-state index is -0.136. The number of pyridine rings is 1. The number of hydrogen-bond donors (Lipinski definition) is 1. The Balaban J connectivity index is 3.33. The van der Waals surface area contributed by atoms with Crippen LogP contribution < -0.4 is 11.2 Å². The van der Waals surface area contributed by atoms with E-state index in [0.717, 1.165) is 11.1 Å². The second-order valence-corrected chi connectivity index (χ2v) is 4.38. The van der Waals surface area contributed by atoms with Crippen molar-refractivity contribution in [3.8, 4) is 0 Å². The van der Waals surface area contributed by atoms with Crippen LogP contribution in [-0.4, -0.2) is 11.1 Å². The summed E-state index contributed by atoms with van der Waals surface area (Å²) in [5.74, 6) is 0. The summed E-state index contributed by atoms with van der Waals surface area (Å²) in [7, 11) is 0. The van der Waals surface area contributed by atoms with Crippen LogP contribution in [0.15, 0.2) is 17.2 Å². The van der Waals surface area contributed by atoms with Gasteiger partial charge in [0.05, 0.1) is 5.54 Å². The fraction of sp³-hybridized carbons (Fsp3) is 0.545. The lowest BCUT2D eigenvalue weighted by Gasteiger charge is -2.27. The summed E-state index contributed by atoms with van der Waals surface area (Å²) in [5, 5.41) is 0. The summed E-state index contributed by atoms with van der Waals surface area (Å²) >= 11 is 0. The van der Waals surface area contributed by atoms with Gasteiger partial charge in [0.15, 0.2) is 5.43 Å². The third kappa shape index (κ3) is 1.87. The smallest absolute Gasteiger partial charge is 0.187 e. The lowest BCUT2D eigenvalue weighted by molar-refractivity contribution is 0.363. The maximum absolute atomic E-state index is 11.5. The van der Waals surface area contributed by atoms with E-state index < -0.39 is 0 Å². The van der Waals surface area contributed by atoms with E-state index in [1.54, 1.807) is 0 Å². The van der Waals surface area contributed by atoms with Gasteiger partial charge in [0.2, 0.25) is 0 Å². The quantitative estimate of drug-likeness (QED) is 0.768. The zero-order valence-electron chi connectivity index (χ0n) is 9.29. The number of nitrogens with zero attached hydrogens (tertiary/aromatic N) is 1. The van der Waals surface area contributed by atoms with Crippen molar-refractivity contribution >= 4 is 0 Å². The average molecular weight is 194 g/mol. The number of nitrogens with two attached hydrogens (primary N) is 1. The zero-order chi connectivity index (χ0) is 10.9. The molecule has 1 rings (SSSR count). The van der Waals surface area contributed by atoms with Crippen molar-refractivity contribution in [2.75, 3.05) is 6.54 Å². The molecular formula is C11H18N2O. The van der Waals surface area contributed by atoms with Crippen LogP contribution in [0.5, 0.6) is 0 Å². The highest BCUT2D eigenvalue weighted by atomic mass is 16.1. The minimum Gasteiger partial charge on any atom is -0.347 e. The summed E-state index contributed by atoms with van der Waals surface area (Å²) in [6.45, 7) is 8.32. The molecule has 14 heavy (non-hydrogen) atoms. The molecule has 0 saturated heterocycles. The van der Waals surface area contributed by atoms with Crippen LogP contribution in [0.4, 0.5) is 0 Å². The van der Waals surface area contributed by atoms with Crippen molar-refractivity contribution in [2.45, 2.75) is 33.2 Å². The summed E-state index contributed by atoms with van der Waals surface area (Å²) in [6.07, 6.45) is 3.73. The predicted molar refractivity (Wildman–Crippen MR) is 58.6 cm³/mol. The molecular weight excluding hydrogens is 176 g/mol. The van der Waals surface area contributed by atoms with Gasteiger partial charge in [-0.15, -0.1) is 0 Å². The van der Waals surface area contributed by atoms with Crippen LogP contribution in [0, 0.1) is 13.8 Å². The van der Waals surface area contributed by atoms with E-state index in [1.165, 1.54) is 0 Å². The first-order valence-corrected chi connectivity index (χ1v) is 4.78. The summed E-state index contributed by atoms with van der Waals surface area (Å²) in [5.41, 5.74) is 7.20. The summed E-state index contributed by atoms with van der Waals surface area (Å²) < 4.78 is 2.01. The van der Waals surface area contributed by atoms with Crippen LogP contribution in [0.3, 0.4) is 0 Å². The molecule has 3 heteroatoms. The van der Waals surface area contributed by atoms with Crippen LogP contribution in [-0.2, 0) is 5.54 Å². The fourth-order valence-corrected chi connectivity index (χ4v) is 1.34. The van der Waals surface area contributed by atoms with Gasteiger partial charge in [0.1, 0.15) is 0 Å². The van der Waals surface area contributed by atoms with E-state index in [0.29, 0.717) is 6.54 Å². The molecule has 0 aliphatic carbocycles. The van der Waals surface area contributed by atoms with Gasteiger partial charge in [-0.1, -0.05) is 0 Å². The van der Waals surface area contributed by atoms with E-state index in [4.69, 9.17) is 5.73 Å². The minimum absolute atomic E-state index is 0.120. The van der Waals surface area contributed by atoms with Crippen molar-refractivity contribution in [3.63, 3.8) is 0 Å². The predicted octanol–water partition coefficient (Wildman–Crippen LogP) is 1.16. The first-order chi connectivity index (χ1) is 6.38. The molecule has 2 N–H and O–H groups in total. The van der Waals surface area contributed by atoms with Gasteiger partial charge < -0.3 is 10.3 Å². The van der Waals surface area contributed by atoms with Crippen LogP contribution in [0.2, 0.25) is 0 Å². The average Bonchev–Trinajstić information content (AvgIpc) is 2.13. The normalized spacial score (nSPS) is 11.8. The maximum Gasteiger partial charge on any atom is 0.187 e. The van der Waals surface area contributed by atoms with E-state index in [2.05, 4.69) is 13.8 Å². The standard InChI is InChI=1S/C11H18N2O/c1-8-5-13(11(3,4)7-12)6-9(2)10(8)14/h5-6H,7,12H2,1-4H3. The van der Waals surface area contributed by atoms with Crippen molar-refractivity contribution in [1.82, 2.24) is 4.57 Å². The molecule has 0 atom stereocenters. The lowest BCUT2D eigenvalue weighted by atomic mass is 10.0. The Bertz CT molecular complexity index is 365. The Labute approximate surface area is 84.6 Å². The van der Waals surface area contributed by atoms with Crippen LogP contribution in [0.1, 0.15) is 25.0 Å². The molecule has 0 aliphatic rings. The molecule has 78 valence electrons. The van der Waals surface area contributed by atoms with Crippen molar-refractivity contribution < 1.29 is 0 Å². The summed E-state index contributed by atoms with van der Waals surface area (Å²) in [4.78, 5) is 11.5. The molecule has 0 aliphatic heterocycles. The topological polar surface area (TPSA) is 48.0 Å². The molecule has 0 unspecified atom stereocenters. The second kappa shape index (κ2) is 3.58. The van der Waals surface area contributed by atoms with E-state index in [9.17, 15) is 4.79 Å². The number of hydrogen-bond acceptors (Lipinski definition) is 2. The van der Waals surface area contributed by atoms with Gasteiger partial charge in [0, 0.05) is 30.1 Å². The molecule has 0 amide bonds. The van der Waals surface area contributed by atoms with Gasteiger partial charge in [-0.05, 0) is 27.7 Å². The third-order valence-electron chi connectivity index (χ3n) is 2.58. The molecule has 0 saturated carbocycles. The van der Waals surface area contributed by atoms with Gasteiger partial charge in [0.25, 0.3) is 0 Å². The zero-order valence-corrected chi connectivity index (χ0v) is 9.29. The highest BCUT2D eigenvalue weighted by Crippen LogP contribution is 2.13. The Morgan fingerprint density at radius 2 is 1.71 bits per heavy atom. The first kappa shape index (κ1) is 11.0. The Morgan fingerprint density at radius 1 is 1.29 bits per heavy atom. The third-order valence-corrected chi connectivity index (χ3v) is 2.58. The maximum atomic E-state index is 11.5. The van der Waals surface area contributed by atoms with E-state index >= 15 is 0 Å². The van der Waals surface area contributed by atoms with E-state index in [1.807, 2.05) is 30.8 Å². The summed E-state index contributed by atoms with van der Waals surface area (Å²) in [6, 6.07) is 0. The van der Waals surface area contributed by atoms with Crippen LogP contribution in [0.25, 0.3) is 0 Å². The van der Waals surface area contributed by atoms with Gasteiger partial charge in [-0.25, -0.2) is 0 Å². The second-order valence-electron chi connectivity index (χ2n) is 4.38. The monoisotopic (exact) mass is 194 g/mol. The molecule has 1 aromatic heterocycles. The molecule has 0 bridgehead atoms. The number of aromatic nitrogens is 1. The Hall–Kier alpha value is -1.09. The van der Waals surface area contributed by atoms with Gasteiger partial charge >= 0.3 is 0 Å². The molecule has 3 nitrogen and oxygen atoms in total. The highest BCUT2D eigenvalue weighted by Gasteiger charge is 2.17. The molecule has 1 aromatic rings. The number of rotatable bonds is 2. The van der Waals surface area contributed by atoms with Gasteiger partial charge in [-0.3, -0.25) is 4.79 Å². The Morgan fingerprint density at radius 3 is 2.07 bits per heavy atom. The number of aryl methyl sites for hydroxylation is 2. The fourth-order valence-electron chi connectivity index (χ4n) is 1.34. The molecule has 0 radical (unpaired) electrons. The molecule has 0 fully saturated rings. The SMILES string of the molecule is Cc1cn(C(C)(C)CN)cc(C)c1=O. The van der Waals surface area contributed by atoms with Crippen molar-refractivity contribution in [2.24, 2.45) is 5.73 Å².